The van der Waals surface area contributed by atoms with Crippen molar-refractivity contribution in [3.8, 4) is 0 Å². The van der Waals surface area contributed by atoms with E-state index in [0.717, 1.165) is 18.7 Å². The molecule has 9 heteroatoms. The van der Waals surface area contributed by atoms with E-state index >= 15 is 0 Å². The van der Waals surface area contributed by atoms with Crippen molar-refractivity contribution in [2.45, 2.75) is 41.5 Å². The Morgan fingerprint density at radius 2 is 1.02 bits per heavy atom. The van der Waals surface area contributed by atoms with Gasteiger partial charge in [-0.3, -0.25) is 9.97 Å². The summed E-state index contributed by atoms with van der Waals surface area (Å²) < 4.78 is 1.92. The van der Waals surface area contributed by atoms with Gasteiger partial charge in [0.25, 0.3) is 0 Å². The summed E-state index contributed by atoms with van der Waals surface area (Å²) in [6, 6.07) is 26.1. The molecule has 4 nitrogen and oxygen atoms in total. The molecule has 0 aliphatic carbocycles. The standard InChI is InChI=1S/C21H26N2.C7H6.2C5H4ClN.2ClH.Ru/c1-14-9-16(3)20(17(4)10-14)22-7-8-23(13-22)21-18(5)11-15(2)12-19(21)6;1-7-5-3-2-4-6-7;2*6-5-2-1-3-7-4-5;;;/h9-12H,7-8H2,1-6H3;1-6H;2*1-4H;2*1H;/q;;;;;;+2/p-2. The number of benzene rings is 3. The van der Waals surface area contributed by atoms with Gasteiger partial charge < -0.3 is 9.80 Å². The first-order chi connectivity index (χ1) is 22.4. The molecule has 0 saturated carbocycles. The molecule has 1 saturated heterocycles. The van der Waals surface area contributed by atoms with E-state index in [-0.39, 0.29) is 0 Å². The second kappa shape index (κ2) is 19.9. The maximum absolute atomic E-state index is 5.67. The van der Waals surface area contributed by atoms with Crippen LogP contribution in [0.15, 0.2) is 104 Å². The Labute approximate surface area is 303 Å². The predicted octanol–water partition coefficient (Wildman–Crippen LogP) is 11.1. The Morgan fingerprint density at radius 3 is 1.32 bits per heavy atom. The minimum absolute atomic E-state index is 0.683. The van der Waals surface area contributed by atoms with E-state index in [1.807, 2.05) is 34.9 Å². The van der Waals surface area contributed by atoms with Gasteiger partial charge in [-0.2, -0.15) is 0 Å². The summed E-state index contributed by atoms with van der Waals surface area (Å²) in [5.41, 5.74) is 11.7. The third-order valence-electron chi connectivity index (χ3n) is 6.84. The molecule has 3 aromatic carbocycles. The van der Waals surface area contributed by atoms with Gasteiger partial charge in [0, 0.05) is 49.3 Å². The Bertz CT molecular complexity index is 1570. The van der Waals surface area contributed by atoms with Gasteiger partial charge in [-0.1, -0.05) is 58.6 Å². The van der Waals surface area contributed by atoms with Crippen LogP contribution >= 0.6 is 42.6 Å². The molecule has 2 radical (unpaired) electrons. The van der Waals surface area contributed by atoms with Crippen LogP contribution in [0.2, 0.25) is 10.0 Å². The van der Waals surface area contributed by atoms with Crippen LogP contribution in [0.25, 0.3) is 0 Å². The first-order valence-corrected chi connectivity index (χ1v) is 21.1. The molecule has 0 N–H and O–H groups in total. The summed E-state index contributed by atoms with van der Waals surface area (Å²) >= 11 is 9.34. The van der Waals surface area contributed by atoms with Crippen LogP contribution < -0.4 is 9.80 Å². The van der Waals surface area contributed by atoms with Crippen LogP contribution in [-0.4, -0.2) is 27.7 Å². The molecule has 6 rings (SSSR count). The van der Waals surface area contributed by atoms with Crippen molar-refractivity contribution in [1.29, 1.82) is 0 Å². The SMILES string of the molecule is Cc1cc(C)c(N2[C]N(c3c(C)cc(C)cc3C)CC2)c(C)c1.Clc1cccnc1.Clc1cccnc1.[Cl][Ru]([Cl])=[CH]c1ccccc1. The van der Waals surface area contributed by atoms with Crippen molar-refractivity contribution in [2.24, 2.45) is 0 Å². The van der Waals surface area contributed by atoms with Crippen molar-refractivity contribution < 1.29 is 13.5 Å². The first-order valence-electron chi connectivity index (χ1n) is 14.9. The molecule has 0 bridgehead atoms. The van der Waals surface area contributed by atoms with Crippen molar-refractivity contribution >= 4 is 58.6 Å². The van der Waals surface area contributed by atoms with Crippen LogP contribution in [0.5, 0.6) is 0 Å². The van der Waals surface area contributed by atoms with Crippen LogP contribution in [0.1, 0.15) is 38.9 Å². The van der Waals surface area contributed by atoms with Gasteiger partial charge in [0.15, 0.2) is 0 Å². The normalized spacial score (nSPS) is 12.1. The molecular weight excluding hydrogens is 755 g/mol. The molecular formula is C38H40Cl4N4Ru. The predicted molar refractivity (Wildman–Crippen MR) is 201 cm³/mol. The molecule has 0 amide bonds. The number of aromatic nitrogens is 2. The number of rotatable bonds is 3. The van der Waals surface area contributed by atoms with Gasteiger partial charge in [-0.15, -0.1) is 0 Å². The van der Waals surface area contributed by atoms with Crippen molar-refractivity contribution in [3.05, 3.63) is 159 Å². The van der Waals surface area contributed by atoms with E-state index < -0.39 is 13.5 Å². The van der Waals surface area contributed by atoms with Crippen molar-refractivity contribution in [1.82, 2.24) is 9.97 Å². The number of pyridine rings is 2. The Balaban J connectivity index is 0.000000204. The molecule has 0 spiro atoms. The van der Waals surface area contributed by atoms with Crippen LogP contribution in [0.4, 0.5) is 11.4 Å². The summed E-state index contributed by atoms with van der Waals surface area (Å²) in [6.07, 6.45) is 6.57. The zero-order valence-electron chi connectivity index (χ0n) is 27.5. The summed E-state index contributed by atoms with van der Waals surface area (Å²) in [4.78, 5) is 12.1. The van der Waals surface area contributed by atoms with Crippen LogP contribution in [0, 0.1) is 48.2 Å². The fourth-order valence-electron chi connectivity index (χ4n) is 5.26. The van der Waals surface area contributed by atoms with Crippen LogP contribution in [-0.2, 0) is 13.5 Å². The van der Waals surface area contributed by atoms with Gasteiger partial charge in [0.1, 0.15) is 0 Å². The number of anilines is 2. The quantitative estimate of drug-likeness (QED) is 0.170. The van der Waals surface area contributed by atoms with Crippen molar-refractivity contribution in [2.75, 3.05) is 22.9 Å². The fraction of sp³-hybridized carbons (Fsp3) is 0.211. The minimum atomic E-state index is -1.61. The van der Waals surface area contributed by atoms with Gasteiger partial charge in [-0.05, 0) is 88.1 Å². The Morgan fingerprint density at radius 1 is 0.617 bits per heavy atom. The summed E-state index contributed by atoms with van der Waals surface area (Å²) in [5, 5.41) is 1.37. The number of hydrogen-bond acceptors (Lipinski definition) is 4. The first kappa shape index (κ1) is 38.7. The van der Waals surface area contributed by atoms with Gasteiger partial charge in [0.2, 0.25) is 6.67 Å². The second-order valence-corrected chi connectivity index (χ2v) is 17.6. The van der Waals surface area contributed by atoms with E-state index in [4.69, 9.17) is 42.6 Å². The molecule has 2 aromatic heterocycles. The monoisotopic (exact) mass is 794 g/mol. The number of nitrogens with zero attached hydrogens (tertiary/aromatic N) is 4. The molecule has 1 aliphatic rings. The molecule has 3 heterocycles. The molecule has 0 atom stereocenters. The summed E-state index contributed by atoms with van der Waals surface area (Å²) in [5.74, 6) is 0. The molecule has 0 unspecified atom stereocenters. The summed E-state index contributed by atoms with van der Waals surface area (Å²) in [7, 11) is 11.3. The van der Waals surface area contributed by atoms with Crippen LogP contribution in [0.3, 0.4) is 0 Å². The third kappa shape index (κ3) is 13.3. The van der Waals surface area contributed by atoms with Gasteiger partial charge >= 0.3 is 73.4 Å². The average molecular weight is 796 g/mol. The van der Waals surface area contributed by atoms with E-state index in [2.05, 4.69) is 92.2 Å². The topological polar surface area (TPSA) is 32.3 Å². The van der Waals surface area contributed by atoms with Crippen molar-refractivity contribution in [3.63, 3.8) is 0 Å². The van der Waals surface area contributed by atoms with Gasteiger partial charge in [0.05, 0.1) is 10.0 Å². The average Bonchev–Trinajstić information content (AvgIpc) is 3.47. The van der Waals surface area contributed by atoms with E-state index in [1.165, 1.54) is 44.8 Å². The molecule has 1 aliphatic heterocycles. The van der Waals surface area contributed by atoms with E-state index in [0.29, 0.717) is 10.0 Å². The Hall–Kier alpha value is -2.79. The molecule has 248 valence electrons. The maximum atomic E-state index is 5.67. The van der Waals surface area contributed by atoms with Gasteiger partial charge in [-0.25, -0.2) is 0 Å². The number of halogens is 4. The fourth-order valence-corrected chi connectivity index (χ4v) is 7.34. The number of hydrogen-bond donors (Lipinski definition) is 0. The molecule has 1 fully saturated rings. The number of aryl methyl sites for hydroxylation is 6. The zero-order chi connectivity index (χ0) is 34.3. The third-order valence-corrected chi connectivity index (χ3v) is 9.16. The van der Waals surface area contributed by atoms with E-state index in [9.17, 15) is 0 Å². The summed E-state index contributed by atoms with van der Waals surface area (Å²) in [6.45, 7) is 18.7. The second-order valence-electron chi connectivity index (χ2n) is 11.0. The zero-order valence-corrected chi connectivity index (χ0v) is 32.2. The van der Waals surface area contributed by atoms with E-state index in [1.54, 1.807) is 49.1 Å². The molecule has 47 heavy (non-hydrogen) atoms. The molecule has 5 aromatic rings. The Kier molecular flexibility index (Phi) is 16.4.